The number of carbonyl (C=O) groups is 3. The minimum absolute atomic E-state index is 0.0986. The summed E-state index contributed by atoms with van der Waals surface area (Å²) in [5.41, 5.74) is 8.55. The van der Waals surface area contributed by atoms with E-state index in [1.165, 1.54) is 12.2 Å². The minimum atomic E-state index is -1.07. The minimum Gasteiger partial charge on any atom is -0.478 e. The fourth-order valence-electron chi connectivity index (χ4n) is 3.74. The molecule has 0 bridgehead atoms. The van der Waals surface area contributed by atoms with E-state index in [1.807, 2.05) is 6.07 Å². The highest BCUT2D eigenvalue weighted by Crippen LogP contribution is 2.27. The molecule has 10 heteroatoms. The monoisotopic (exact) mass is 444 g/mol. The van der Waals surface area contributed by atoms with Crippen LogP contribution in [0.15, 0.2) is 89.6 Å². The number of nitrogens with one attached hydrogen (secondary N) is 4. The van der Waals surface area contributed by atoms with Crippen molar-refractivity contribution >= 4 is 28.9 Å². The summed E-state index contributed by atoms with van der Waals surface area (Å²) in [5.74, 6) is -0.217. The zero-order chi connectivity index (χ0) is 22.9. The molecule has 10 nitrogen and oxygen atoms in total. The number of carboxylic acid groups (broad SMARTS) is 1. The molecule has 2 fully saturated rings. The molecule has 0 unspecified atom stereocenters. The Morgan fingerprint density at radius 1 is 0.727 bits per heavy atom. The summed E-state index contributed by atoms with van der Waals surface area (Å²) in [5, 5.41) is 19.4. The Morgan fingerprint density at radius 2 is 1.18 bits per heavy atom. The number of hydrogen-bond donors (Lipinski definition) is 5. The molecule has 5 rings (SSSR count). The number of carboxylic acids is 1. The summed E-state index contributed by atoms with van der Waals surface area (Å²) in [6.07, 6.45) is 13.3. The van der Waals surface area contributed by atoms with Crippen LogP contribution in [0.2, 0.25) is 0 Å². The summed E-state index contributed by atoms with van der Waals surface area (Å²) in [4.78, 5) is 36.1. The van der Waals surface area contributed by atoms with E-state index < -0.39 is 5.97 Å². The van der Waals surface area contributed by atoms with Crippen molar-refractivity contribution in [3.05, 3.63) is 95.2 Å². The molecular weight excluding hydrogens is 424 g/mol. The van der Waals surface area contributed by atoms with Crippen LogP contribution in [-0.4, -0.2) is 36.0 Å². The molecule has 0 spiro atoms. The topological polar surface area (TPSA) is 126 Å². The molecule has 2 aliphatic carbocycles. The van der Waals surface area contributed by atoms with Crippen LogP contribution < -0.4 is 31.5 Å². The maximum Gasteiger partial charge on any atom is 0.335 e. The van der Waals surface area contributed by atoms with Crippen molar-refractivity contribution in [2.24, 2.45) is 0 Å². The number of carbonyl (C=O) groups excluding carboxylic acids is 2. The first-order chi connectivity index (χ1) is 16.0. The second-order valence-electron chi connectivity index (χ2n) is 7.54. The first kappa shape index (κ1) is 20.2. The summed E-state index contributed by atoms with van der Waals surface area (Å²) in [6, 6.07) is 4.91. The average molecular weight is 444 g/mol. The lowest BCUT2D eigenvalue weighted by Gasteiger charge is -2.22. The van der Waals surface area contributed by atoms with Crippen molar-refractivity contribution in [1.82, 2.24) is 21.5 Å². The van der Waals surface area contributed by atoms with Crippen molar-refractivity contribution in [3.63, 3.8) is 0 Å². The SMILES string of the molecule is O=C1C=CC=C/C1=C1/NCN(c2cc(C(=O)O)cc(N3CN/C(=C4/C=CC=CC4=O)N3)c2)N1. The van der Waals surface area contributed by atoms with Crippen LogP contribution >= 0.6 is 0 Å². The molecule has 2 heterocycles. The highest BCUT2D eigenvalue weighted by molar-refractivity contribution is 6.08. The number of nitrogens with zero attached hydrogens (tertiary/aromatic N) is 2. The van der Waals surface area contributed by atoms with E-state index in [1.54, 1.807) is 58.6 Å². The van der Waals surface area contributed by atoms with E-state index in [0.717, 1.165) is 0 Å². The second kappa shape index (κ2) is 8.08. The highest BCUT2D eigenvalue weighted by atomic mass is 16.4. The van der Waals surface area contributed by atoms with Gasteiger partial charge in [0.05, 0.1) is 28.1 Å². The van der Waals surface area contributed by atoms with Crippen molar-refractivity contribution in [3.8, 4) is 0 Å². The summed E-state index contributed by atoms with van der Waals surface area (Å²) in [7, 11) is 0. The van der Waals surface area contributed by atoms with E-state index in [4.69, 9.17) is 0 Å². The molecule has 0 amide bonds. The number of ketones is 2. The average Bonchev–Trinajstić information content (AvgIpc) is 3.50. The van der Waals surface area contributed by atoms with Crippen molar-refractivity contribution in [2.45, 2.75) is 0 Å². The molecule has 1 aromatic carbocycles. The van der Waals surface area contributed by atoms with Gasteiger partial charge in [-0.25, -0.2) is 4.79 Å². The third-order valence-electron chi connectivity index (χ3n) is 5.41. The summed E-state index contributed by atoms with van der Waals surface area (Å²) >= 11 is 0. The molecule has 4 aliphatic rings. The predicted octanol–water partition coefficient (Wildman–Crippen LogP) is 0.942. The number of hydrogen-bond acceptors (Lipinski definition) is 9. The summed E-state index contributed by atoms with van der Waals surface area (Å²) < 4.78 is 0. The van der Waals surface area contributed by atoms with Crippen LogP contribution in [0, 0.1) is 0 Å². The zero-order valence-electron chi connectivity index (χ0n) is 17.3. The van der Waals surface area contributed by atoms with Crippen molar-refractivity contribution in [2.75, 3.05) is 23.4 Å². The van der Waals surface area contributed by atoms with Gasteiger partial charge >= 0.3 is 5.97 Å². The third-order valence-corrected chi connectivity index (χ3v) is 5.41. The Morgan fingerprint density at radius 3 is 1.61 bits per heavy atom. The van der Waals surface area contributed by atoms with E-state index >= 15 is 0 Å². The molecule has 33 heavy (non-hydrogen) atoms. The number of anilines is 2. The summed E-state index contributed by atoms with van der Waals surface area (Å²) in [6.45, 7) is 0.664. The molecule has 2 aliphatic heterocycles. The molecule has 0 radical (unpaired) electrons. The highest BCUT2D eigenvalue weighted by Gasteiger charge is 2.25. The van der Waals surface area contributed by atoms with Gasteiger partial charge in [0, 0.05) is 0 Å². The molecule has 0 atom stereocenters. The van der Waals surface area contributed by atoms with E-state index in [0.29, 0.717) is 47.5 Å². The predicted molar refractivity (Wildman–Crippen MR) is 121 cm³/mol. The van der Waals surface area contributed by atoms with Gasteiger partial charge in [0.2, 0.25) is 0 Å². The molecule has 1 aromatic rings. The Kier molecular flexibility index (Phi) is 4.94. The molecule has 0 saturated carbocycles. The van der Waals surface area contributed by atoms with E-state index in [9.17, 15) is 19.5 Å². The second-order valence-corrected chi connectivity index (χ2v) is 7.54. The lowest BCUT2D eigenvalue weighted by molar-refractivity contribution is -0.112. The normalized spacial score (nSPS) is 23.5. The Balaban J connectivity index is 1.43. The fraction of sp³-hybridized carbons (Fsp3) is 0.0870. The number of rotatable bonds is 3. The van der Waals surface area contributed by atoms with Gasteiger partial charge < -0.3 is 15.7 Å². The van der Waals surface area contributed by atoms with Crippen molar-refractivity contribution < 1.29 is 19.5 Å². The van der Waals surface area contributed by atoms with Crippen LogP contribution in [-0.2, 0) is 9.59 Å². The standard InChI is InChI=1S/C23H20N6O4/c30-19-7-3-1-5-17(19)21-24-12-28(26-21)15-9-14(23(32)33)10-16(11-15)29-13-25-22(27-29)18-6-2-4-8-20(18)31/h1-11,24-27H,12-13H2,(H,32,33)/b21-17+,22-18+. The molecule has 2 saturated heterocycles. The van der Waals surface area contributed by atoms with Crippen LogP contribution in [0.25, 0.3) is 0 Å². The van der Waals surface area contributed by atoms with Crippen LogP contribution in [0.5, 0.6) is 0 Å². The number of benzene rings is 1. The fourth-order valence-corrected chi connectivity index (χ4v) is 3.74. The number of hydrazine groups is 2. The number of aromatic carboxylic acids is 1. The van der Waals surface area contributed by atoms with Crippen LogP contribution in [0.4, 0.5) is 11.4 Å². The Labute approximate surface area is 188 Å². The molecule has 5 N–H and O–H groups in total. The molecule has 166 valence electrons. The zero-order valence-corrected chi connectivity index (χ0v) is 17.3. The maximum atomic E-state index is 12.1. The third kappa shape index (κ3) is 3.85. The van der Waals surface area contributed by atoms with Gasteiger partial charge in [-0.2, -0.15) is 0 Å². The largest absolute Gasteiger partial charge is 0.478 e. The molecule has 0 aromatic heterocycles. The Bertz CT molecular complexity index is 1170. The lowest BCUT2D eigenvalue weighted by Crippen LogP contribution is -2.33. The van der Waals surface area contributed by atoms with Gasteiger partial charge in [-0.1, -0.05) is 24.3 Å². The first-order valence-corrected chi connectivity index (χ1v) is 10.2. The van der Waals surface area contributed by atoms with Gasteiger partial charge in [-0.3, -0.25) is 30.5 Å². The smallest absolute Gasteiger partial charge is 0.335 e. The first-order valence-electron chi connectivity index (χ1n) is 10.2. The van der Waals surface area contributed by atoms with Gasteiger partial charge in [0.25, 0.3) is 0 Å². The van der Waals surface area contributed by atoms with Crippen molar-refractivity contribution in [1.29, 1.82) is 0 Å². The Hall–Kier alpha value is -4.73. The van der Waals surface area contributed by atoms with Gasteiger partial charge in [-0.15, -0.1) is 0 Å². The number of allylic oxidation sites excluding steroid dienone is 10. The van der Waals surface area contributed by atoms with Crippen LogP contribution in [0.1, 0.15) is 10.4 Å². The molecular formula is C23H20N6O4. The van der Waals surface area contributed by atoms with Gasteiger partial charge in [0.15, 0.2) is 11.6 Å². The van der Waals surface area contributed by atoms with E-state index in [-0.39, 0.29) is 17.1 Å². The lowest BCUT2D eigenvalue weighted by atomic mass is 10.1. The quantitative estimate of drug-likeness (QED) is 0.430. The van der Waals surface area contributed by atoms with E-state index in [2.05, 4.69) is 21.5 Å². The van der Waals surface area contributed by atoms with Gasteiger partial charge in [0.1, 0.15) is 25.0 Å². The maximum absolute atomic E-state index is 12.1. The van der Waals surface area contributed by atoms with Crippen LogP contribution in [0.3, 0.4) is 0 Å². The van der Waals surface area contributed by atoms with Gasteiger partial charge in [-0.05, 0) is 42.5 Å².